The molecule has 0 aliphatic rings. The summed E-state index contributed by atoms with van der Waals surface area (Å²) < 4.78 is 1.63. The highest BCUT2D eigenvalue weighted by Crippen LogP contribution is 2.21. The number of amides is 1. The zero-order valence-electron chi connectivity index (χ0n) is 9.65. The summed E-state index contributed by atoms with van der Waals surface area (Å²) in [6.45, 7) is 0. The highest BCUT2D eigenvalue weighted by atomic mass is 79.9. The Labute approximate surface area is 127 Å². The highest BCUT2D eigenvalue weighted by molar-refractivity contribution is 9.11. The molecule has 2 aromatic carbocycles. The first-order valence-electron chi connectivity index (χ1n) is 5.36. The molecule has 0 saturated carbocycles. The molecule has 0 spiro atoms. The third-order valence-electron chi connectivity index (χ3n) is 2.37. The molecule has 0 unspecified atom stereocenters. The van der Waals surface area contributed by atoms with Crippen molar-refractivity contribution in [2.75, 3.05) is 5.32 Å². The molecule has 2 aromatic rings. The van der Waals surface area contributed by atoms with Crippen LogP contribution in [0.2, 0.25) is 0 Å². The van der Waals surface area contributed by atoms with Gasteiger partial charge >= 0.3 is 0 Å². The molecular weight excluding hydrogens is 372 g/mol. The molecule has 0 atom stereocenters. The van der Waals surface area contributed by atoms with Crippen LogP contribution in [0.4, 0.5) is 5.69 Å². The van der Waals surface area contributed by atoms with Crippen molar-refractivity contribution < 1.29 is 4.79 Å². The molecule has 1 N–H and O–H groups in total. The minimum Gasteiger partial charge on any atom is -0.322 e. The minimum absolute atomic E-state index is 0.225. The number of anilines is 1. The Morgan fingerprint density at radius 1 is 1.11 bits per heavy atom. The van der Waals surface area contributed by atoms with Gasteiger partial charge in [0.2, 0.25) is 0 Å². The SMILES string of the molecule is N#Cc1cccc(NC(=O)c2cc(Br)cc(Br)c2)c1. The van der Waals surface area contributed by atoms with Gasteiger partial charge in [0, 0.05) is 20.2 Å². The molecule has 19 heavy (non-hydrogen) atoms. The van der Waals surface area contributed by atoms with Gasteiger partial charge in [0.1, 0.15) is 0 Å². The molecular formula is C14H8Br2N2O. The molecule has 0 aliphatic heterocycles. The average Bonchev–Trinajstić information content (AvgIpc) is 2.37. The van der Waals surface area contributed by atoms with Gasteiger partial charge in [0.05, 0.1) is 11.6 Å². The van der Waals surface area contributed by atoms with Crippen LogP contribution >= 0.6 is 31.9 Å². The van der Waals surface area contributed by atoms with E-state index in [4.69, 9.17) is 5.26 Å². The number of nitrogens with one attached hydrogen (secondary N) is 1. The van der Waals surface area contributed by atoms with Crippen LogP contribution in [0.15, 0.2) is 51.4 Å². The van der Waals surface area contributed by atoms with Gasteiger partial charge in [-0.2, -0.15) is 5.26 Å². The molecule has 0 aromatic heterocycles. The average molecular weight is 380 g/mol. The molecule has 0 fully saturated rings. The molecule has 1 amide bonds. The monoisotopic (exact) mass is 378 g/mol. The number of nitrogens with zero attached hydrogens (tertiary/aromatic N) is 1. The van der Waals surface area contributed by atoms with E-state index in [-0.39, 0.29) is 5.91 Å². The summed E-state index contributed by atoms with van der Waals surface area (Å²) in [5.74, 6) is -0.225. The van der Waals surface area contributed by atoms with Gasteiger partial charge in [-0.05, 0) is 36.4 Å². The Balaban J connectivity index is 2.23. The first kappa shape index (κ1) is 13.8. The maximum Gasteiger partial charge on any atom is 0.255 e. The molecule has 2 rings (SSSR count). The second-order valence-corrected chi connectivity index (χ2v) is 5.64. The largest absolute Gasteiger partial charge is 0.322 e. The van der Waals surface area contributed by atoms with E-state index < -0.39 is 0 Å². The van der Waals surface area contributed by atoms with Crippen LogP contribution in [0.3, 0.4) is 0 Å². The van der Waals surface area contributed by atoms with Crippen molar-refractivity contribution in [2.24, 2.45) is 0 Å². The van der Waals surface area contributed by atoms with Gasteiger partial charge in [-0.15, -0.1) is 0 Å². The van der Waals surface area contributed by atoms with Crippen LogP contribution in [-0.2, 0) is 0 Å². The van der Waals surface area contributed by atoms with Crippen LogP contribution in [0.5, 0.6) is 0 Å². The quantitative estimate of drug-likeness (QED) is 0.843. The van der Waals surface area contributed by atoms with Gasteiger partial charge in [-0.1, -0.05) is 37.9 Å². The van der Waals surface area contributed by atoms with Crippen LogP contribution in [-0.4, -0.2) is 5.91 Å². The number of carbonyl (C=O) groups is 1. The predicted octanol–water partition coefficient (Wildman–Crippen LogP) is 4.34. The zero-order valence-corrected chi connectivity index (χ0v) is 12.8. The first-order valence-corrected chi connectivity index (χ1v) is 6.95. The second kappa shape index (κ2) is 6.00. The second-order valence-electron chi connectivity index (χ2n) is 3.80. The predicted molar refractivity (Wildman–Crippen MR) is 81.0 cm³/mol. The van der Waals surface area contributed by atoms with Crippen LogP contribution < -0.4 is 5.32 Å². The fraction of sp³-hybridized carbons (Fsp3) is 0. The maximum atomic E-state index is 12.1. The fourth-order valence-corrected chi connectivity index (χ4v) is 2.85. The zero-order chi connectivity index (χ0) is 13.8. The minimum atomic E-state index is -0.225. The topological polar surface area (TPSA) is 52.9 Å². The van der Waals surface area contributed by atoms with E-state index >= 15 is 0 Å². The summed E-state index contributed by atoms with van der Waals surface area (Å²) in [6, 6.07) is 14.1. The Morgan fingerprint density at radius 3 is 2.42 bits per heavy atom. The molecule has 3 nitrogen and oxygen atoms in total. The molecule has 0 bridgehead atoms. The lowest BCUT2D eigenvalue weighted by atomic mass is 10.2. The van der Waals surface area contributed by atoms with Crippen LogP contribution in [0.25, 0.3) is 0 Å². The Hall–Kier alpha value is -1.64. The smallest absolute Gasteiger partial charge is 0.255 e. The van der Waals surface area contributed by atoms with Gasteiger partial charge in [0.15, 0.2) is 0 Å². The van der Waals surface area contributed by atoms with E-state index in [0.717, 1.165) is 8.95 Å². The van der Waals surface area contributed by atoms with E-state index in [2.05, 4.69) is 37.2 Å². The van der Waals surface area contributed by atoms with Crippen molar-refractivity contribution in [3.63, 3.8) is 0 Å². The number of halogens is 2. The lowest BCUT2D eigenvalue weighted by Crippen LogP contribution is -2.11. The summed E-state index contributed by atoms with van der Waals surface area (Å²) in [4.78, 5) is 12.1. The van der Waals surface area contributed by atoms with Crippen molar-refractivity contribution in [3.8, 4) is 6.07 Å². The number of nitriles is 1. The fourth-order valence-electron chi connectivity index (χ4n) is 1.55. The molecule has 5 heteroatoms. The summed E-state index contributed by atoms with van der Waals surface area (Å²) >= 11 is 6.67. The number of carbonyl (C=O) groups excluding carboxylic acids is 1. The third-order valence-corrected chi connectivity index (χ3v) is 3.29. The first-order chi connectivity index (χ1) is 9.08. The normalized spacial score (nSPS) is 9.74. The number of hydrogen-bond acceptors (Lipinski definition) is 2. The number of hydrogen-bond donors (Lipinski definition) is 1. The Morgan fingerprint density at radius 2 is 1.79 bits per heavy atom. The summed E-state index contributed by atoms with van der Waals surface area (Å²) in [5, 5.41) is 11.6. The maximum absolute atomic E-state index is 12.1. The summed E-state index contributed by atoms with van der Waals surface area (Å²) in [6.07, 6.45) is 0. The number of benzene rings is 2. The molecule has 94 valence electrons. The van der Waals surface area contributed by atoms with Gasteiger partial charge in [-0.3, -0.25) is 4.79 Å². The van der Waals surface area contributed by atoms with E-state index in [1.165, 1.54) is 0 Å². The molecule has 0 radical (unpaired) electrons. The van der Waals surface area contributed by atoms with E-state index in [0.29, 0.717) is 16.8 Å². The molecule has 0 aliphatic carbocycles. The van der Waals surface area contributed by atoms with E-state index in [9.17, 15) is 4.79 Å². The Kier molecular flexibility index (Phi) is 4.35. The Bertz CT molecular complexity index is 657. The molecule has 0 heterocycles. The van der Waals surface area contributed by atoms with Crippen LogP contribution in [0.1, 0.15) is 15.9 Å². The van der Waals surface area contributed by atoms with Gasteiger partial charge in [-0.25, -0.2) is 0 Å². The van der Waals surface area contributed by atoms with Crippen molar-refractivity contribution in [3.05, 3.63) is 62.5 Å². The standard InChI is InChI=1S/C14H8Br2N2O/c15-11-5-10(6-12(16)7-11)14(19)18-13-3-1-2-9(4-13)8-17/h1-7H,(H,18,19). The third kappa shape index (κ3) is 3.66. The lowest BCUT2D eigenvalue weighted by Gasteiger charge is -2.06. The number of rotatable bonds is 2. The van der Waals surface area contributed by atoms with E-state index in [1.54, 1.807) is 36.4 Å². The van der Waals surface area contributed by atoms with Crippen molar-refractivity contribution in [1.82, 2.24) is 0 Å². The summed E-state index contributed by atoms with van der Waals surface area (Å²) in [5.41, 5.74) is 1.64. The van der Waals surface area contributed by atoms with Crippen molar-refractivity contribution >= 4 is 43.5 Å². The van der Waals surface area contributed by atoms with Gasteiger partial charge in [0.25, 0.3) is 5.91 Å². The van der Waals surface area contributed by atoms with Crippen molar-refractivity contribution in [1.29, 1.82) is 5.26 Å². The summed E-state index contributed by atoms with van der Waals surface area (Å²) in [7, 11) is 0. The van der Waals surface area contributed by atoms with Gasteiger partial charge < -0.3 is 5.32 Å². The lowest BCUT2D eigenvalue weighted by molar-refractivity contribution is 0.102. The van der Waals surface area contributed by atoms with E-state index in [1.807, 2.05) is 12.1 Å². The highest BCUT2D eigenvalue weighted by Gasteiger charge is 2.08. The molecule has 0 saturated heterocycles. The van der Waals surface area contributed by atoms with Crippen LogP contribution in [0, 0.1) is 11.3 Å². The van der Waals surface area contributed by atoms with Crippen molar-refractivity contribution in [2.45, 2.75) is 0 Å².